The number of thioether (sulfide) groups is 1. The Balaban J connectivity index is 2.28. The van der Waals surface area contributed by atoms with Gasteiger partial charge in [0, 0.05) is 11.4 Å². The number of nitrogen functional groups attached to an aromatic ring is 1. The van der Waals surface area contributed by atoms with Crippen LogP contribution < -0.4 is 11.4 Å². The molecular weight excluding hydrogens is 226 g/mol. The van der Waals surface area contributed by atoms with Crippen LogP contribution in [0.15, 0.2) is 17.1 Å². The second kappa shape index (κ2) is 4.47. The lowest BCUT2D eigenvalue weighted by molar-refractivity contribution is 0.284. The second-order valence-corrected chi connectivity index (χ2v) is 5.51. The number of rotatable bonds is 2. The maximum Gasteiger partial charge on any atom is 0.350 e. The van der Waals surface area contributed by atoms with Gasteiger partial charge in [0.2, 0.25) is 0 Å². The molecule has 0 aliphatic carbocycles. The molecule has 1 aliphatic rings. The summed E-state index contributed by atoms with van der Waals surface area (Å²) in [5.74, 6) is 0.598. The smallest absolute Gasteiger partial charge is 0.350 e. The summed E-state index contributed by atoms with van der Waals surface area (Å²) in [7, 11) is 0. The molecule has 2 heterocycles. The second-order valence-electron chi connectivity index (χ2n) is 4.09. The van der Waals surface area contributed by atoms with E-state index in [2.05, 4.69) is 11.9 Å². The summed E-state index contributed by atoms with van der Waals surface area (Å²) in [6.45, 7) is 2.23. The summed E-state index contributed by atoms with van der Waals surface area (Å²) in [6.07, 6.45) is 2.60. The Bertz CT molecular complexity index is 434. The van der Waals surface area contributed by atoms with E-state index >= 15 is 0 Å². The average Bonchev–Trinajstić information content (AvgIpc) is 2.60. The van der Waals surface area contributed by atoms with Gasteiger partial charge in [-0.25, -0.2) is 4.79 Å². The molecule has 0 unspecified atom stereocenters. The third kappa shape index (κ3) is 2.08. The molecule has 1 saturated heterocycles. The van der Waals surface area contributed by atoms with Gasteiger partial charge in [-0.05, 0) is 18.4 Å². The van der Waals surface area contributed by atoms with Crippen molar-refractivity contribution in [3.05, 3.63) is 22.7 Å². The Morgan fingerprint density at radius 2 is 2.50 bits per heavy atom. The predicted molar refractivity (Wildman–Crippen MR) is 64.2 cm³/mol. The number of hydrogen-bond acceptors (Lipinski definition) is 5. The first kappa shape index (κ1) is 11.5. The van der Waals surface area contributed by atoms with Crippen LogP contribution in [-0.4, -0.2) is 26.5 Å². The van der Waals surface area contributed by atoms with Gasteiger partial charge < -0.3 is 10.8 Å². The quantitative estimate of drug-likeness (QED) is 0.786. The molecule has 0 bridgehead atoms. The molecule has 3 N–H and O–H groups in total. The van der Waals surface area contributed by atoms with Crippen LogP contribution in [-0.2, 0) is 0 Å². The third-order valence-corrected chi connectivity index (χ3v) is 4.48. The van der Waals surface area contributed by atoms with Crippen molar-refractivity contribution >= 4 is 17.6 Å². The van der Waals surface area contributed by atoms with Gasteiger partial charge in [-0.3, -0.25) is 4.57 Å². The molecule has 1 aromatic heterocycles. The van der Waals surface area contributed by atoms with Gasteiger partial charge >= 0.3 is 5.69 Å². The normalized spacial score (nSPS) is 29.5. The predicted octanol–water partition coefficient (Wildman–Crippen LogP) is 0.458. The number of hydrogen-bond donors (Lipinski definition) is 2. The largest absolute Gasteiger partial charge is 0.395 e. The van der Waals surface area contributed by atoms with Gasteiger partial charge in [-0.1, -0.05) is 6.92 Å². The number of aromatic nitrogens is 2. The lowest BCUT2D eigenvalue weighted by Crippen LogP contribution is -2.27. The lowest BCUT2D eigenvalue weighted by Gasteiger charge is -2.16. The first-order valence-electron chi connectivity index (χ1n) is 5.23. The highest BCUT2D eigenvalue weighted by molar-refractivity contribution is 8.00. The van der Waals surface area contributed by atoms with Gasteiger partial charge in [0.05, 0.1) is 12.0 Å². The van der Waals surface area contributed by atoms with Crippen molar-refractivity contribution in [1.82, 2.24) is 9.55 Å². The molecule has 0 saturated carbocycles. The summed E-state index contributed by atoms with van der Waals surface area (Å²) in [6, 6.07) is 1.63. The first-order valence-corrected chi connectivity index (χ1v) is 6.17. The summed E-state index contributed by atoms with van der Waals surface area (Å²) in [5.41, 5.74) is 5.13. The van der Waals surface area contributed by atoms with Crippen LogP contribution >= 0.6 is 11.8 Å². The molecule has 6 heteroatoms. The van der Waals surface area contributed by atoms with Crippen LogP contribution in [0.1, 0.15) is 18.7 Å². The Kier molecular flexibility index (Phi) is 3.20. The van der Waals surface area contributed by atoms with Crippen molar-refractivity contribution in [3.8, 4) is 0 Å². The number of aliphatic hydroxyl groups is 1. The van der Waals surface area contributed by atoms with Gasteiger partial charge in [-0.2, -0.15) is 4.98 Å². The topological polar surface area (TPSA) is 81.1 Å². The monoisotopic (exact) mass is 241 g/mol. The van der Waals surface area contributed by atoms with Crippen molar-refractivity contribution in [2.45, 2.75) is 24.0 Å². The molecule has 0 aromatic carbocycles. The Hall–Kier alpha value is -1.01. The van der Waals surface area contributed by atoms with Crippen LogP contribution in [0.5, 0.6) is 0 Å². The number of anilines is 1. The fraction of sp³-hybridized carbons (Fsp3) is 0.600. The molecule has 1 aromatic rings. The molecule has 1 fully saturated rings. The van der Waals surface area contributed by atoms with Gasteiger partial charge in [0.25, 0.3) is 0 Å². The fourth-order valence-corrected chi connectivity index (χ4v) is 3.56. The lowest BCUT2D eigenvalue weighted by atomic mass is 10.1. The van der Waals surface area contributed by atoms with E-state index in [4.69, 9.17) is 10.8 Å². The zero-order valence-corrected chi connectivity index (χ0v) is 9.85. The van der Waals surface area contributed by atoms with E-state index in [-0.39, 0.29) is 28.7 Å². The molecule has 2 rings (SSSR count). The summed E-state index contributed by atoms with van der Waals surface area (Å²) < 4.78 is 1.60. The van der Waals surface area contributed by atoms with Crippen LogP contribution in [0.2, 0.25) is 0 Å². The SMILES string of the molecule is C[C@H]1C[C@@H](CO)S[C@H]1n1ccc(N)nc1=O. The molecular formula is C10H15N3O2S. The molecule has 1 aliphatic heterocycles. The highest BCUT2D eigenvalue weighted by Crippen LogP contribution is 2.44. The maximum atomic E-state index is 11.7. The minimum atomic E-state index is -0.317. The van der Waals surface area contributed by atoms with Crippen LogP contribution in [0.4, 0.5) is 5.82 Å². The molecule has 5 nitrogen and oxygen atoms in total. The fourth-order valence-electron chi connectivity index (χ4n) is 1.99. The van der Waals surface area contributed by atoms with E-state index in [0.717, 1.165) is 6.42 Å². The maximum absolute atomic E-state index is 11.7. The van der Waals surface area contributed by atoms with Crippen molar-refractivity contribution in [2.75, 3.05) is 12.3 Å². The van der Waals surface area contributed by atoms with E-state index < -0.39 is 0 Å². The van der Waals surface area contributed by atoms with E-state index in [9.17, 15) is 4.79 Å². The van der Waals surface area contributed by atoms with Crippen molar-refractivity contribution in [2.24, 2.45) is 5.92 Å². The molecule has 0 radical (unpaired) electrons. The third-order valence-electron chi connectivity index (χ3n) is 2.78. The number of aliphatic hydroxyl groups excluding tert-OH is 1. The average molecular weight is 241 g/mol. The van der Waals surface area contributed by atoms with Crippen LogP contribution in [0.3, 0.4) is 0 Å². The van der Waals surface area contributed by atoms with Gasteiger partial charge in [0.15, 0.2) is 0 Å². The Morgan fingerprint density at radius 3 is 3.06 bits per heavy atom. The number of nitrogens with zero attached hydrogens (tertiary/aromatic N) is 2. The standard InChI is InChI=1S/C10H15N3O2S/c1-6-4-7(5-14)16-9(6)13-3-2-8(11)12-10(13)15/h2-3,6-7,9,14H,4-5H2,1H3,(H2,11,12,15)/t6-,7-,9+/m0/s1. The highest BCUT2D eigenvalue weighted by Gasteiger charge is 2.33. The van der Waals surface area contributed by atoms with Crippen LogP contribution in [0, 0.1) is 5.92 Å². The zero-order valence-electron chi connectivity index (χ0n) is 9.04. The van der Waals surface area contributed by atoms with Crippen molar-refractivity contribution in [1.29, 1.82) is 0 Å². The summed E-state index contributed by atoms with van der Waals surface area (Å²) in [5, 5.41) is 9.38. The van der Waals surface area contributed by atoms with E-state index in [1.54, 1.807) is 28.6 Å². The minimum absolute atomic E-state index is 0.0535. The number of nitrogens with two attached hydrogens (primary N) is 1. The molecule has 3 atom stereocenters. The van der Waals surface area contributed by atoms with Gasteiger partial charge in [0.1, 0.15) is 5.82 Å². The Morgan fingerprint density at radius 1 is 1.75 bits per heavy atom. The Labute approximate surface area is 97.7 Å². The van der Waals surface area contributed by atoms with E-state index in [1.165, 1.54) is 0 Å². The van der Waals surface area contributed by atoms with Crippen molar-refractivity contribution in [3.63, 3.8) is 0 Å². The summed E-state index contributed by atoms with van der Waals surface area (Å²) in [4.78, 5) is 15.4. The molecule has 16 heavy (non-hydrogen) atoms. The zero-order chi connectivity index (χ0) is 11.7. The first-order chi connectivity index (χ1) is 7.61. The van der Waals surface area contributed by atoms with Gasteiger partial charge in [-0.15, -0.1) is 11.8 Å². The molecule has 88 valence electrons. The van der Waals surface area contributed by atoms with E-state index in [0.29, 0.717) is 5.92 Å². The van der Waals surface area contributed by atoms with Crippen LogP contribution in [0.25, 0.3) is 0 Å². The minimum Gasteiger partial charge on any atom is -0.395 e. The molecule has 0 spiro atoms. The highest BCUT2D eigenvalue weighted by atomic mass is 32.2. The van der Waals surface area contributed by atoms with E-state index in [1.807, 2.05) is 0 Å². The van der Waals surface area contributed by atoms with Crippen molar-refractivity contribution < 1.29 is 5.11 Å². The molecule has 0 amide bonds. The summed E-state index contributed by atoms with van der Waals surface area (Å²) >= 11 is 1.62.